The lowest BCUT2D eigenvalue weighted by Crippen LogP contribution is -2.33. The number of methoxy groups -OCH3 is 1. The van der Waals surface area contributed by atoms with Crippen LogP contribution in [0.3, 0.4) is 0 Å². The molecular formula is C9H16N6O2. The van der Waals surface area contributed by atoms with E-state index < -0.39 is 6.03 Å². The highest BCUT2D eigenvalue weighted by molar-refractivity contribution is 5.71. The van der Waals surface area contributed by atoms with Gasteiger partial charge in [-0.3, -0.25) is 0 Å². The van der Waals surface area contributed by atoms with Crippen LogP contribution in [0.5, 0.6) is 5.75 Å². The van der Waals surface area contributed by atoms with Crippen LogP contribution in [0.2, 0.25) is 0 Å². The Labute approximate surface area is 99.0 Å². The molecule has 1 rings (SSSR count). The van der Waals surface area contributed by atoms with E-state index in [-0.39, 0.29) is 0 Å². The van der Waals surface area contributed by atoms with E-state index in [0.29, 0.717) is 30.5 Å². The molecule has 0 aliphatic rings. The molecule has 0 fully saturated rings. The number of rotatable bonds is 6. The van der Waals surface area contributed by atoms with E-state index in [2.05, 4.69) is 25.9 Å². The Balaban J connectivity index is 2.60. The molecule has 2 amide bonds. The van der Waals surface area contributed by atoms with E-state index in [1.54, 1.807) is 7.05 Å². The summed E-state index contributed by atoms with van der Waals surface area (Å²) in [6.07, 6.45) is 1.41. The minimum atomic E-state index is -0.558. The second kappa shape index (κ2) is 6.36. The summed E-state index contributed by atoms with van der Waals surface area (Å²) in [4.78, 5) is 18.5. The van der Waals surface area contributed by atoms with Crippen molar-refractivity contribution in [1.82, 2.24) is 15.3 Å². The lowest BCUT2D eigenvalue weighted by Gasteiger charge is -2.12. The average Bonchev–Trinajstić information content (AvgIpc) is 2.33. The number of hydrogen-bond donors (Lipinski definition) is 4. The molecule has 0 spiro atoms. The number of nitrogens with one attached hydrogen (secondary N) is 3. The molecule has 0 unspecified atom stereocenters. The first-order valence-corrected chi connectivity index (χ1v) is 5.03. The first kappa shape index (κ1) is 12.8. The molecule has 0 aromatic carbocycles. The van der Waals surface area contributed by atoms with Crippen LogP contribution in [0.25, 0.3) is 0 Å². The summed E-state index contributed by atoms with van der Waals surface area (Å²) in [5, 5.41) is 8.36. The molecule has 0 aliphatic carbocycles. The van der Waals surface area contributed by atoms with Crippen molar-refractivity contribution in [3.05, 3.63) is 6.33 Å². The lowest BCUT2D eigenvalue weighted by molar-refractivity contribution is 0.249. The highest BCUT2D eigenvalue weighted by Gasteiger charge is 2.09. The predicted molar refractivity (Wildman–Crippen MR) is 64.2 cm³/mol. The van der Waals surface area contributed by atoms with Crippen molar-refractivity contribution in [2.24, 2.45) is 5.73 Å². The van der Waals surface area contributed by atoms with Crippen LogP contribution in [-0.2, 0) is 0 Å². The van der Waals surface area contributed by atoms with E-state index in [1.165, 1.54) is 13.4 Å². The first-order chi connectivity index (χ1) is 8.19. The number of urea groups is 1. The standard InChI is InChI=1S/C9H16N6O2/c1-11-7-6(17-2)8(15-5-14-7)12-3-4-13-9(10)16/h5H,3-4H2,1-2H3,(H3,10,13,16)(H2,11,12,14,15). The van der Waals surface area contributed by atoms with Crippen molar-refractivity contribution in [3.63, 3.8) is 0 Å². The molecule has 0 saturated heterocycles. The second-order valence-electron chi connectivity index (χ2n) is 3.07. The molecule has 0 bridgehead atoms. The van der Waals surface area contributed by atoms with Crippen LogP contribution >= 0.6 is 0 Å². The molecule has 1 heterocycles. The number of primary amides is 1. The number of aromatic nitrogens is 2. The Kier molecular flexibility index (Phi) is 4.79. The zero-order chi connectivity index (χ0) is 12.7. The zero-order valence-corrected chi connectivity index (χ0v) is 9.78. The molecule has 17 heavy (non-hydrogen) atoms. The zero-order valence-electron chi connectivity index (χ0n) is 9.78. The van der Waals surface area contributed by atoms with E-state index in [1.807, 2.05) is 0 Å². The number of nitrogens with two attached hydrogens (primary N) is 1. The van der Waals surface area contributed by atoms with Gasteiger partial charge in [0.2, 0.25) is 5.75 Å². The maximum Gasteiger partial charge on any atom is 0.312 e. The molecule has 8 nitrogen and oxygen atoms in total. The third-order valence-corrected chi connectivity index (χ3v) is 1.96. The highest BCUT2D eigenvalue weighted by Crippen LogP contribution is 2.27. The summed E-state index contributed by atoms with van der Waals surface area (Å²) in [6.45, 7) is 0.886. The first-order valence-electron chi connectivity index (χ1n) is 5.03. The predicted octanol–water partition coefficient (Wildman–Crippen LogP) is -0.393. The number of ether oxygens (including phenoxy) is 1. The fourth-order valence-electron chi connectivity index (χ4n) is 1.24. The fraction of sp³-hybridized carbons (Fsp3) is 0.444. The smallest absolute Gasteiger partial charge is 0.312 e. The molecule has 5 N–H and O–H groups in total. The van der Waals surface area contributed by atoms with Crippen molar-refractivity contribution < 1.29 is 9.53 Å². The molecule has 0 radical (unpaired) electrons. The molecule has 1 aromatic rings. The van der Waals surface area contributed by atoms with E-state index in [0.717, 1.165) is 0 Å². The van der Waals surface area contributed by atoms with Gasteiger partial charge in [-0.25, -0.2) is 14.8 Å². The Hall–Kier alpha value is -2.25. The van der Waals surface area contributed by atoms with Crippen LogP contribution in [-0.4, -0.2) is 43.2 Å². The lowest BCUT2D eigenvalue weighted by atomic mass is 10.4. The van der Waals surface area contributed by atoms with Crippen molar-refractivity contribution >= 4 is 17.7 Å². The quantitative estimate of drug-likeness (QED) is 0.503. The summed E-state index contributed by atoms with van der Waals surface area (Å²) in [5.74, 6) is 1.67. The van der Waals surface area contributed by atoms with Crippen LogP contribution in [0, 0.1) is 0 Å². The van der Waals surface area contributed by atoms with Crippen molar-refractivity contribution in [2.75, 3.05) is 37.9 Å². The summed E-state index contributed by atoms with van der Waals surface area (Å²) in [5.41, 5.74) is 4.94. The van der Waals surface area contributed by atoms with Crippen molar-refractivity contribution in [3.8, 4) is 5.75 Å². The van der Waals surface area contributed by atoms with Gasteiger partial charge in [0.05, 0.1) is 7.11 Å². The van der Waals surface area contributed by atoms with Gasteiger partial charge in [0.25, 0.3) is 0 Å². The van der Waals surface area contributed by atoms with Gasteiger partial charge in [0.15, 0.2) is 11.6 Å². The van der Waals surface area contributed by atoms with Crippen LogP contribution in [0.4, 0.5) is 16.4 Å². The Morgan fingerprint density at radius 2 is 2.12 bits per heavy atom. The highest BCUT2D eigenvalue weighted by atomic mass is 16.5. The van der Waals surface area contributed by atoms with Crippen molar-refractivity contribution in [1.29, 1.82) is 0 Å². The molecular weight excluding hydrogens is 224 g/mol. The van der Waals surface area contributed by atoms with Gasteiger partial charge in [-0.15, -0.1) is 0 Å². The summed E-state index contributed by atoms with van der Waals surface area (Å²) in [6, 6.07) is -0.558. The molecule has 0 atom stereocenters. The molecule has 0 aliphatic heterocycles. The Morgan fingerprint density at radius 1 is 1.41 bits per heavy atom. The van der Waals surface area contributed by atoms with Gasteiger partial charge in [0.1, 0.15) is 6.33 Å². The van der Waals surface area contributed by atoms with Gasteiger partial charge in [-0.1, -0.05) is 0 Å². The monoisotopic (exact) mass is 240 g/mol. The second-order valence-corrected chi connectivity index (χ2v) is 3.07. The number of carbonyl (C=O) groups is 1. The van der Waals surface area contributed by atoms with E-state index in [9.17, 15) is 4.79 Å². The summed E-state index contributed by atoms with van der Waals surface area (Å²) < 4.78 is 5.18. The van der Waals surface area contributed by atoms with Gasteiger partial charge in [-0.05, 0) is 0 Å². The SMILES string of the molecule is CNc1ncnc(NCCNC(N)=O)c1OC. The largest absolute Gasteiger partial charge is 0.490 e. The number of anilines is 2. The minimum absolute atomic E-state index is 0.400. The molecule has 0 saturated carbocycles. The van der Waals surface area contributed by atoms with E-state index in [4.69, 9.17) is 10.5 Å². The summed E-state index contributed by atoms with van der Waals surface area (Å²) in [7, 11) is 3.27. The van der Waals surface area contributed by atoms with Gasteiger partial charge in [-0.2, -0.15) is 0 Å². The fourth-order valence-corrected chi connectivity index (χ4v) is 1.24. The van der Waals surface area contributed by atoms with Crippen LogP contribution in [0.1, 0.15) is 0 Å². The van der Waals surface area contributed by atoms with E-state index >= 15 is 0 Å². The normalized spacial score (nSPS) is 9.53. The average molecular weight is 240 g/mol. The number of hydrogen-bond acceptors (Lipinski definition) is 6. The maximum atomic E-state index is 10.5. The molecule has 94 valence electrons. The Morgan fingerprint density at radius 3 is 2.71 bits per heavy atom. The third-order valence-electron chi connectivity index (χ3n) is 1.96. The molecule has 1 aromatic heterocycles. The topological polar surface area (TPSA) is 114 Å². The Bertz CT molecular complexity index is 384. The maximum absolute atomic E-state index is 10.5. The third kappa shape index (κ3) is 3.67. The van der Waals surface area contributed by atoms with Gasteiger partial charge in [0, 0.05) is 20.1 Å². The number of nitrogens with zero attached hydrogens (tertiary/aromatic N) is 2. The van der Waals surface area contributed by atoms with Crippen molar-refractivity contribution in [2.45, 2.75) is 0 Å². The summed E-state index contributed by atoms with van der Waals surface area (Å²) >= 11 is 0. The minimum Gasteiger partial charge on any atom is -0.490 e. The van der Waals surface area contributed by atoms with Crippen LogP contribution < -0.4 is 26.4 Å². The molecule has 8 heteroatoms. The van der Waals surface area contributed by atoms with Gasteiger partial charge < -0.3 is 26.4 Å². The number of amides is 2. The van der Waals surface area contributed by atoms with Gasteiger partial charge >= 0.3 is 6.03 Å². The number of carbonyl (C=O) groups excluding carboxylic acids is 1. The van der Waals surface area contributed by atoms with Crippen LogP contribution in [0.15, 0.2) is 6.33 Å².